The Morgan fingerprint density at radius 3 is 2.35 bits per heavy atom. The summed E-state index contributed by atoms with van der Waals surface area (Å²) in [5, 5.41) is 13.7. The van der Waals surface area contributed by atoms with Crippen molar-refractivity contribution in [3.8, 4) is 17.2 Å². The van der Waals surface area contributed by atoms with Crippen LogP contribution in [0.25, 0.3) is 0 Å². The van der Waals surface area contributed by atoms with Crippen molar-refractivity contribution < 1.29 is 19.3 Å². The highest BCUT2D eigenvalue weighted by Gasteiger charge is 2.60. The molecule has 34 heavy (non-hydrogen) atoms. The number of nitrogens with one attached hydrogen (secondary N) is 1. The Labute approximate surface area is 202 Å². The maximum absolute atomic E-state index is 10.4. The topological polar surface area (TPSA) is 60.0 Å². The van der Waals surface area contributed by atoms with E-state index in [1.165, 1.54) is 44.1 Å². The summed E-state index contributed by atoms with van der Waals surface area (Å²) in [5.41, 5.74) is 3.75. The van der Waals surface area contributed by atoms with Crippen molar-refractivity contribution in [2.75, 3.05) is 31.7 Å². The molecular formula is C29H37NO4. The third-order valence-electron chi connectivity index (χ3n) is 8.62. The Morgan fingerprint density at radius 1 is 0.941 bits per heavy atom. The molecule has 5 nitrogen and oxygen atoms in total. The van der Waals surface area contributed by atoms with Gasteiger partial charge in [-0.3, -0.25) is 0 Å². The Morgan fingerprint density at radius 2 is 1.65 bits per heavy atom. The molecule has 0 amide bonds. The fourth-order valence-electron chi connectivity index (χ4n) is 8.31. The van der Waals surface area contributed by atoms with Gasteiger partial charge in [0.2, 0.25) is 0 Å². The summed E-state index contributed by atoms with van der Waals surface area (Å²) in [6.45, 7) is 6.85. The normalized spacial score (nSPS) is 34.0. The SMILES string of the molecule is C[C@]12CC3CC(c4ccc(OCC(O)CNc5ccc6c(c5)OCCO6)cc4)(C1)C[C@@](C)(C3)C2. The third kappa shape index (κ3) is 4.13. The minimum atomic E-state index is -0.615. The number of ether oxygens (including phenoxy) is 3. The standard InChI is InChI=1S/C29H37NO4/c1-27-12-20-13-28(2,17-27)19-29(14-20,18-27)21-3-6-24(7-4-21)34-16-23(31)15-30-22-5-8-25-26(11-22)33-10-9-32-25/h3-8,11,20,23,30-31H,9-10,12-19H2,1-2H3/t20?,23?,27-,28+,29?. The molecule has 7 rings (SSSR count). The summed E-state index contributed by atoms with van der Waals surface area (Å²) in [5.74, 6) is 3.22. The quantitative estimate of drug-likeness (QED) is 0.563. The lowest BCUT2D eigenvalue weighted by atomic mass is 9.39. The Bertz CT molecular complexity index is 1030. The predicted octanol–water partition coefficient (Wildman–Crippen LogP) is 5.56. The Hall–Kier alpha value is -2.40. The van der Waals surface area contributed by atoms with Crippen molar-refractivity contribution in [1.82, 2.24) is 0 Å². The van der Waals surface area contributed by atoms with E-state index >= 15 is 0 Å². The highest BCUT2D eigenvalue weighted by atomic mass is 16.6. The molecule has 0 saturated heterocycles. The van der Waals surface area contributed by atoms with Crippen LogP contribution < -0.4 is 19.5 Å². The molecule has 4 saturated carbocycles. The molecule has 4 bridgehead atoms. The smallest absolute Gasteiger partial charge is 0.163 e. The second kappa shape index (κ2) is 8.08. The molecule has 182 valence electrons. The molecule has 4 fully saturated rings. The van der Waals surface area contributed by atoms with Gasteiger partial charge in [-0.15, -0.1) is 0 Å². The van der Waals surface area contributed by atoms with Crippen molar-refractivity contribution in [2.45, 2.75) is 63.9 Å². The van der Waals surface area contributed by atoms with E-state index in [2.05, 4.69) is 43.4 Å². The van der Waals surface area contributed by atoms with E-state index in [9.17, 15) is 5.11 Å². The van der Waals surface area contributed by atoms with Crippen LogP contribution in [0.2, 0.25) is 0 Å². The number of hydrogen-bond donors (Lipinski definition) is 2. The molecule has 0 spiro atoms. The van der Waals surface area contributed by atoms with Gasteiger partial charge in [-0.2, -0.15) is 0 Å². The molecule has 5 heteroatoms. The summed E-state index contributed by atoms with van der Waals surface area (Å²) in [4.78, 5) is 0. The fourth-order valence-corrected chi connectivity index (χ4v) is 8.31. The lowest BCUT2D eigenvalue weighted by Crippen LogP contribution is -2.56. The molecule has 5 aliphatic rings. The predicted molar refractivity (Wildman–Crippen MR) is 133 cm³/mol. The lowest BCUT2D eigenvalue weighted by molar-refractivity contribution is -0.110. The van der Waals surface area contributed by atoms with Gasteiger partial charge in [-0.1, -0.05) is 26.0 Å². The van der Waals surface area contributed by atoms with Gasteiger partial charge in [0.05, 0.1) is 0 Å². The van der Waals surface area contributed by atoms with Crippen LogP contribution in [0.1, 0.15) is 57.9 Å². The van der Waals surface area contributed by atoms with E-state index in [-0.39, 0.29) is 6.61 Å². The highest BCUT2D eigenvalue weighted by Crippen LogP contribution is 2.69. The molecule has 2 N–H and O–H groups in total. The Balaban J connectivity index is 1.04. The summed E-state index contributed by atoms with van der Waals surface area (Å²) < 4.78 is 17.1. The minimum Gasteiger partial charge on any atom is -0.491 e. The molecule has 0 radical (unpaired) electrons. The van der Waals surface area contributed by atoms with Crippen molar-refractivity contribution in [1.29, 1.82) is 0 Å². The van der Waals surface area contributed by atoms with Crippen LogP contribution in [0, 0.1) is 16.7 Å². The number of aliphatic hydroxyl groups excluding tert-OH is 1. The van der Waals surface area contributed by atoms with Crippen LogP contribution in [0.5, 0.6) is 17.2 Å². The highest BCUT2D eigenvalue weighted by molar-refractivity contribution is 5.55. The van der Waals surface area contributed by atoms with E-state index < -0.39 is 6.10 Å². The number of anilines is 1. The van der Waals surface area contributed by atoms with Crippen LogP contribution >= 0.6 is 0 Å². The number of benzene rings is 2. The van der Waals surface area contributed by atoms with Gasteiger partial charge in [0.1, 0.15) is 31.7 Å². The average Bonchev–Trinajstić information content (AvgIpc) is 2.79. The summed E-state index contributed by atoms with van der Waals surface area (Å²) >= 11 is 0. The maximum atomic E-state index is 10.4. The first-order valence-electron chi connectivity index (χ1n) is 12.9. The largest absolute Gasteiger partial charge is 0.491 e. The summed E-state index contributed by atoms with van der Waals surface area (Å²) in [7, 11) is 0. The van der Waals surface area contributed by atoms with Crippen molar-refractivity contribution >= 4 is 5.69 Å². The zero-order chi connectivity index (χ0) is 23.4. The third-order valence-corrected chi connectivity index (χ3v) is 8.62. The molecular weight excluding hydrogens is 426 g/mol. The molecule has 2 aromatic carbocycles. The van der Waals surface area contributed by atoms with E-state index in [4.69, 9.17) is 14.2 Å². The molecule has 1 heterocycles. The van der Waals surface area contributed by atoms with E-state index in [0.29, 0.717) is 36.0 Å². The first-order chi connectivity index (χ1) is 16.3. The van der Waals surface area contributed by atoms with Gasteiger partial charge in [0, 0.05) is 18.3 Å². The summed E-state index contributed by atoms with van der Waals surface area (Å²) in [6, 6.07) is 14.5. The van der Waals surface area contributed by atoms with Gasteiger partial charge in [-0.05, 0) is 90.5 Å². The van der Waals surface area contributed by atoms with Gasteiger partial charge in [-0.25, -0.2) is 0 Å². The fraction of sp³-hybridized carbons (Fsp3) is 0.586. The number of rotatable bonds is 7. The van der Waals surface area contributed by atoms with Gasteiger partial charge in [0.25, 0.3) is 0 Å². The van der Waals surface area contributed by atoms with Gasteiger partial charge in [0.15, 0.2) is 11.5 Å². The maximum Gasteiger partial charge on any atom is 0.163 e. The molecule has 5 atom stereocenters. The van der Waals surface area contributed by atoms with Gasteiger partial charge < -0.3 is 24.6 Å². The molecule has 2 aromatic rings. The first kappa shape index (κ1) is 22.1. The van der Waals surface area contributed by atoms with E-state index in [1.54, 1.807) is 0 Å². The Kier molecular flexibility index (Phi) is 5.25. The van der Waals surface area contributed by atoms with Crippen LogP contribution in [0.15, 0.2) is 42.5 Å². The lowest BCUT2D eigenvalue weighted by Gasteiger charge is -2.65. The van der Waals surface area contributed by atoms with Crippen molar-refractivity contribution in [3.05, 3.63) is 48.0 Å². The first-order valence-corrected chi connectivity index (χ1v) is 12.9. The van der Waals surface area contributed by atoms with E-state index in [1.807, 2.05) is 18.2 Å². The molecule has 1 aliphatic heterocycles. The number of fused-ring (bicyclic) bond motifs is 1. The van der Waals surface area contributed by atoms with Crippen LogP contribution in [-0.2, 0) is 5.41 Å². The molecule has 3 unspecified atom stereocenters. The average molecular weight is 464 g/mol. The van der Waals surface area contributed by atoms with Crippen LogP contribution in [-0.4, -0.2) is 37.6 Å². The number of hydrogen-bond acceptors (Lipinski definition) is 5. The summed E-state index contributed by atoms with van der Waals surface area (Å²) in [6.07, 6.45) is 7.64. The zero-order valence-electron chi connectivity index (χ0n) is 20.4. The van der Waals surface area contributed by atoms with Gasteiger partial charge >= 0.3 is 0 Å². The second-order valence-electron chi connectivity index (χ2n) is 12.1. The monoisotopic (exact) mass is 463 g/mol. The van der Waals surface area contributed by atoms with Crippen LogP contribution in [0.4, 0.5) is 5.69 Å². The zero-order valence-corrected chi connectivity index (χ0v) is 20.4. The van der Waals surface area contributed by atoms with Crippen molar-refractivity contribution in [2.24, 2.45) is 16.7 Å². The minimum absolute atomic E-state index is 0.250. The second-order valence-corrected chi connectivity index (χ2v) is 12.1. The van der Waals surface area contributed by atoms with Crippen LogP contribution in [0.3, 0.4) is 0 Å². The van der Waals surface area contributed by atoms with E-state index in [0.717, 1.165) is 28.9 Å². The number of aliphatic hydroxyl groups is 1. The molecule has 4 aliphatic carbocycles. The molecule has 0 aromatic heterocycles. The van der Waals surface area contributed by atoms with Crippen molar-refractivity contribution in [3.63, 3.8) is 0 Å².